The molecule has 0 saturated heterocycles. The van der Waals surface area contributed by atoms with Crippen LogP contribution in [0.4, 0.5) is 10.2 Å². The van der Waals surface area contributed by atoms with Crippen molar-refractivity contribution in [1.29, 1.82) is 0 Å². The number of hydrogen-bond donors (Lipinski definition) is 1. The number of allylic oxidation sites excluding steroid dienone is 5. The van der Waals surface area contributed by atoms with Crippen LogP contribution < -0.4 is 11.4 Å². The van der Waals surface area contributed by atoms with Gasteiger partial charge in [-0.05, 0) is 30.7 Å². The molecule has 1 aliphatic rings. The topological polar surface area (TPSA) is 87.2 Å². The number of aromatic nitrogens is 2. The van der Waals surface area contributed by atoms with Gasteiger partial charge in [0, 0.05) is 12.6 Å². The highest BCUT2D eigenvalue weighted by Crippen LogP contribution is 2.24. The summed E-state index contributed by atoms with van der Waals surface area (Å²) >= 11 is 0. The highest BCUT2D eigenvalue weighted by molar-refractivity contribution is 5.79. The molecule has 2 N–H and O–H groups in total. The normalized spacial score (nSPS) is 17.7. The minimum absolute atomic E-state index is 0.0687. The number of hydrogen-bond acceptors (Lipinski definition) is 5. The van der Waals surface area contributed by atoms with Crippen LogP contribution in [-0.4, -0.2) is 28.1 Å². The number of nitrogens with two attached hydrogens (primary N) is 1. The van der Waals surface area contributed by atoms with Crippen LogP contribution in [0.5, 0.6) is 0 Å². The quantitative estimate of drug-likeness (QED) is 0.895. The molecule has 0 spiro atoms. The van der Waals surface area contributed by atoms with Crippen LogP contribution in [0.25, 0.3) is 5.70 Å². The summed E-state index contributed by atoms with van der Waals surface area (Å²) in [7, 11) is 0. The number of nitrogens with zero attached hydrogens (tertiary/aromatic N) is 2. The lowest BCUT2D eigenvalue weighted by atomic mass is 10.2. The van der Waals surface area contributed by atoms with Gasteiger partial charge in [0.05, 0.1) is 5.70 Å². The molecule has 0 radical (unpaired) electrons. The summed E-state index contributed by atoms with van der Waals surface area (Å²) in [4.78, 5) is 27.1. The lowest BCUT2D eigenvalue weighted by molar-refractivity contribution is -0.121. The van der Waals surface area contributed by atoms with Crippen molar-refractivity contribution in [1.82, 2.24) is 9.55 Å². The van der Waals surface area contributed by atoms with E-state index in [-0.39, 0.29) is 29.7 Å². The molecule has 0 bridgehead atoms. The van der Waals surface area contributed by atoms with Crippen LogP contribution in [-0.2, 0) is 9.53 Å². The number of anilines is 1. The van der Waals surface area contributed by atoms with Crippen molar-refractivity contribution in [3.63, 3.8) is 0 Å². The summed E-state index contributed by atoms with van der Waals surface area (Å²) in [5.74, 6) is 0.189. The third-order valence-corrected chi connectivity index (χ3v) is 3.36. The average Bonchev–Trinajstić information content (AvgIpc) is 2.65. The number of ketones is 1. The Morgan fingerprint density at radius 2 is 2.22 bits per heavy atom. The third kappa shape index (κ3) is 3.94. The first-order valence-corrected chi connectivity index (χ1v) is 7.17. The molecular weight excluding hydrogens is 301 g/mol. The number of halogens is 1. The first-order chi connectivity index (χ1) is 10.9. The molecule has 1 atom stereocenters. The van der Waals surface area contributed by atoms with Crippen LogP contribution in [0.15, 0.2) is 46.6 Å². The smallest absolute Gasteiger partial charge is 0.354 e. The van der Waals surface area contributed by atoms with Crippen LogP contribution in [0, 0.1) is 0 Å². The van der Waals surface area contributed by atoms with Gasteiger partial charge in [0.1, 0.15) is 24.4 Å². The Kier molecular flexibility index (Phi) is 5.10. The van der Waals surface area contributed by atoms with E-state index in [1.807, 2.05) is 0 Å². The molecule has 1 unspecified atom stereocenters. The number of carbonyl (C=O) groups is 1. The fourth-order valence-electron chi connectivity index (χ4n) is 1.92. The molecule has 1 aromatic heterocycles. The molecule has 6 nitrogen and oxygen atoms in total. The number of nitrogen functional groups attached to an aromatic ring is 1. The van der Waals surface area contributed by atoms with Gasteiger partial charge in [0.2, 0.25) is 0 Å². The van der Waals surface area contributed by atoms with Gasteiger partial charge in [-0.2, -0.15) is 4.98 Å². The molecule has 0 saturated carbocycles. The van der Waals surface area contributed by atoms with Crippen molar-refractivity contribution in [2.45, 2.75) is 26.4 Å². The average molecular weight is 319 g/mol. The van der Waals surface area contributed by atoms with Crippen LogP contribution in [0.2, 0.25) is 0 Å². The Labute approximate surface area is 132 Å². The van der Waals surface area contributed by atoms with Gasteiger partial charge in [0.25, 0.3) is 0 Å². The molecule has 23 heavy (non-hydrogen) atoms. The van der Waals surface area contributed by atoms with Crippen LogP contribution in [0.1, 0.15) is 20.3 Å². The molecule has 1 aromatic rings. The lowest BCUT2D eigenvalue weighted by Crippen LogP contribution is -2.24. The van der Waals surface area contributed by atoms with E-state index in [1.165, 1.54) is 24.4 Å². The summed E-state index contributed by atoms with van der Waals surface area (Å²) in [6, 6.07) is 1.43. The fraction of sp³-hybridized carbons (Fsp3) is 0.312. The summed E-state index contributed by atoms with van der Waals surface area (Å²) in [6.45, 7) is 3.19. The van der Waals surface area contributed by atoms with E-state index in [1.54, 1.807) is 19.9 Å². The standard InChI is InChI=1S/C16H18FN3O3/c1-3-11(21)9-23-14-5-4-10(2)12(17)8-13(14)20-7-6-15(18)19-16(20)22/h4-8,12H,3,9H2,1-2H3,(H2,18,19,22). The number of alkyl halides is 1. The molecule has 7 heteroatoms. The predicted octanol–water partition coefficient (Wildman–Crippen LogP) is 1.84. The minimum Gasteiger partial charge on any atom is -0.484 e. The molecule has 122 valence electrons. The number of rotatable bonds is 5. The van der Waals surface area contributed by atoms with E-state index in [0.29, 0.717) is 12.0 Å². The van der Waals surface area contributed by atoms with Gasteiger partial charge in [-0.3, -0.25) is 9.36 Å². The van der Waals surface area contributed by atoms with E-state index >= 15 is 0 Å². The van der Waals surface area contributed by atoms with Gasteiger partial charge in [-0.1, -0.05) is 13.0 Å². The maximum Gasteiger partial charge on any atom is 0.354 e. The van der Waals surface area contributed by atoms with Gasteiger partial charge >= 0.3 is 5.69 Å². The van der Waals surface area contributed by atoms with E-state index < -0.39 is 11.9 Å². The van der Waals surface area contributed by atoms with Crippen LogP contribution in [0.3, 0.4) is 0 Å². The first-order valence-electron chi connectivity index (χ1n) is 7.17. The zero-order chi connectivity index (χ0) is 17.0. The number of carbonyl (C=O) groups excluding carboxylic acids is 1. The molecular formula is C16H18FN3O3. The van der Waals surface area contributed by atoms with Gasteiger partial charge in [0.15, 0.2) is 5.78 Å². The summed E-state index contributed by atoms with van der Waals surface area (Å²) in [5.41, 5.74) is 5.46. The van der Waals surface area contributed by atoms with E-state index in [0.717, 1.165) is 4.57 Å². The maximum atomic E-state index is 14.2. The van der Waals surface area contributed by atoms with E-state index in [4.69, 9.17) is 10.5 Å². The molecule has 0 amide bonds. The predicted molar refractivity (Wildman–Crippen MR) is 85.2 cm³/mol. The SMILES string of the molecule is CCC(=O)COC1=CC=C(C)C(F)C=C1n1ccc(N)nc1=O. The van der Waals surface area contributed by atoms with Crippen molar-refractivity contribution in [2.24, 2.45) is 0 Å². The first kappa shape index (κ1) is 16.7. The molecule has 0 aliphatic heterocycles. The van der Waals surface area contributed by atoms with E-state index in [2.05, 4.69) is 4.98 Å². The lowest BCUT2D eigenvalue weighted by Gasteiger charge is -2.15. The Balaban J connectivity index is 2.44. The zero-order valence-corrected chi connectivity index (χ0v) is 13.0. The second-order valence-electron chi connectivity index (χ2n) is 5.08. The molecule has 1 heterocycles. The third-order valence-electron chi connectivity index (χ3n) is 3.36. The molecule has 0 aromatic carbocycles. The zero-order valence-electron chi connectivity index (χ0n) is 13.0. The van der Waals surface area contributed by atoms with Gasteiger partial charge < -0.3 is 10.5 Å². The highest BCUT2D eigenvalue weighted by atomic mass is 19.1. The van der Waals surface area contributed by atoms with Crippen molar-refractivity contribution in [2.75, 3.05) is 12.3 Å². The van der Waals surface area contributed by atoms with Crippen molar-refractivity contribution in [3.05, 3.63) is 52.3 Å². The van der Waals surface area contributed by atoms with Crippen molar-refractivity contribution < 1.29 is 13.9 Å². The summed E-state index contributed by atoms with van der Waals surface area (Å²) in [5, 5.41) is 0. The number of Topliss-reactive ketones (excluding diaryl/α,β-unsaturated/α-hetero) is 1. The van der Waals surface area contributed by atoms with Crippen LogP contribution >= 0.6 is 0 Å². The Morgan fingerprint density at radius 3 is 2.87 bits per heavy atom. The monoisotopic (exact) mass is 319 g/mol. The Bertz CT molecular complexity index is 762. The Hall–Kier alpha value is -2.70. The second-order valence-corrected chi connectivity index (χ2v) is 5.08. The fourth-order valence-corrected chi connectivity index (χ4v) is 1.92. The largest absolute Gasteiger partial charge is 0.484 e. The Morgan fingerprint density at radius 1 is 1.48 bits per heavy atom. The summed E-state index contributed by atoms with van der Waals surface area (Å²) < 4.78 is 20.8. The van der Waals surface area contributed by atoms with Gasteiger partial charge in [-0.25, -0.2) is 9.18 Å². The highest BCUT2D eigenvalue weighted by Gasteiger charge is 2.19. The van der Waals surface area contributed by atoms with E-state index in [9.17, 15) is 14.0 Å². The molecule has 1 aliphatic carbocycles. The van der Waals surface area contributed by atoms with Crippen molar-refractivity contribution in [3.8, 4) is 0 Å². The maximum absolute atomic E-state index is 14.2. The van der Waals surface area contributed by atoms with Gasteiger partial charge in [-0.15, -0.1) is 0 Å². The molecule has 2 rings (SSSR count). The minimum atomic E-state index is -1.38. The second kappa shape index (κ2) is 7.04. The number of ether oxygens (including phenoxy) is 1. The molecule has 0 fully saturated rings. The van der Waals surface area contributed by atoms with Crippen molar-refractivity contribution >= 4 is 17.3 Å². The summed E-state index contributed by atoms with van der Waals surface area (Å²) in [6.07, 6.45) is 4.68.